The second kappa shape index (κ2) is 13.5. The molecule has 0 aromatic heterocycles. The van der Waals surface area contributed by atoms with E-state index in [2.05, 4.69) is 0 Å². The molecule has 3 aromatic carbocycles. The van der Waals surface area contributed by atoms with E-state index < -0.39 is 35.9 Å². The van der Waals surface area contributed by atoms with Gasteiger partial charge in [0.1, 0.15) is 18.3 Å². The van der Waals surface area contributed by atoms with Gasteiger partial charge in [0.05, 0.1) is 26.4 Å². The Balaban J connectivity index is 1.53. The third kappa shape index (κ3) is 7.63. The Hall–Kier alpha value is -2.74. The van der Waals surface area contributed by atoms with E-state index in [1.807, 2.05) is 91.0 Å². The summed E-state index contributed by atoms with van der Waals surface area (Å²) in [6.45, 7) is 2.62. The van der Waals surface area contributed by atoms with Crippen LogP contribution in [-0.2, 0) is 48.3 Å². The molecular formula is C29H31ClO6. The third-order valence-corrected chi connectivity index (χ3v) is 6.19. The van der Waals surface area contributed by atoms with Gasteiger partial charge in [0.15, 0.2) is 11.7 Å². The molecule has 5 atom stereocenters. The largest absolute Gasteiger partial charge is 0.456 e. The fourth-order valence-corrected chi connectivity index (χ4v) is 4.44. The SMILES string of the molecule is CC(=O)OC1C(Cl)OC(COCc2ccccc2)C(OCc2ccccc2)C1OCc1ccccc1. The lowest BCUT2D eigenvalue weighted by molar-refractivity contribution is -0.250. The summed E-state index contributed by atoms with van der Waals surface area (Å²) in [6, 6.07) is 29.5. The Morgan fingerprint density at radius 2 is 1.19 bits per heavy atom. The lowest BCUT2D eigenvalue weighted by Gasteiger charge is -2.43. The van der Waals surface area contributed by atoms with Gasteiger partial charge in [-0.25, -0.2) is 0 Å². The van der Waals surface area contributed by atoms with E-state index in [1.54, 1.807) is 0 Å². The van der Waals surface area contributed by atoms with E-state index in [4.69, 9.17) is 35.3 Å². The molecule has 190 valence electrons. The average molecular weight is 511 g/mol. The number of hydrogen-bond acceptors (Lipinski definition) is 6. The number of esters is 1. The smallest absolute Gasteiger partial charge is 0.303 e. The molecule has 0 radical (unpaired) electrons. The number of carbonyl (C=O) groups is 1. The Morgan fingerprint density at radius 1 is 0.722 bits per heavy atom. The first-order chi connectivity index (χ1) is 17.6. The first-order valence-corrected chi connectivity index (χ1v) is 12.4. The summed E-state index contributed by atoms with van der Waals surface area (Å²) < 4.78 is 30.3. The first-order valence-electron chi connectivity index (χ1n) is 12.0. The Kier molecular flexibility index (Phi) is 9.90. The third-order valence-electron chi connectivity index (χ3n) is 5.84. The van der Waals surface area contributed by atoms with Crippen molar-refractivity contribution in [3.8, 4) is 0 Å². The molecule has 7 heteroatoms. The van der Waals surface area contributed by atoms with Crippen LogP contribution in [0.25, 0.3) is 0 Å². The number of hydrogen-bond donors (Lipinski definition) is 0. The van der Waals surface area contributed by atoms with Crippen LogP contribution in [0, 0.1) is 0 Å². The number of benzene rings is 3. The van der Waals surface area contributed by atoms with Crippen molar-refractivity contribution >= 4 is 17.6 Å². The van der Waals surface area contributed by atoms with Crippen molar-refractivity contribution in [2.45, 2.75) is 56.7 Å². The molecule has 0 spiro atoms. The van der Waals surface area contributed by atoms with Crippen LogP contribution in [-0.4, -0.2) is 42.6 Å². The fourth-order valence-electron chi connectivity index (χ4n) is 4.11. The summed E-state index contributed by atoms with van der Waals surface area (Å²) in [7, 11) is 0. The van der Waals surface area contributed by atoms with Crippen molar-refractivity contribution < 1.29 is 28.5 Å². The van der Waals surface area contributed by atoms with Crippen molar-refractivity contribution in [2.24, 2.45) is 0 Å². The minimum atomic E-state index is -0.920. The number of alkyl halides is 1. The quantitative estimate of drug-likeness (QED) is 0.259. The molecule has 1 aliphatic rings. The molecule has 0 bridgehead atoms. The van der Waals surface area contributed by atoms with E-state index in [0.717, 1.165) is 16.7 Å². The molecule has 1 heterocycles. The summed E-state index contributed by atoms with van der Waals surface area (Å²) in [5, 5.41) is 0. The molecule has 0 aliphatic carbocycles. The van der Waals surface area contributed by atoms with Gasteiger partial charge in [-0.15, -0.1) is 0 Å². The summed E-state index contributed by atoms with van der Waals surface area (Å²) in [6.07, 6.45) is -2.64. The van der Waals surface area contributed by atoms with Crippen LogP contribution in [0.2, 0.25) is 0 Å². The predicted molar refractivity (Wildman–Crippen MR) is 136 cm³/mol. The van der Waals surface area contributed by atoms with Gasteiger partial charge in [-0.05, 0) is 16.7 Å². The molecule has 5 unspecified atom stereocenters. The molecule has 1 fully saturated rings. The highest BCUT2D eigenvalue weighted by Crippen LogP contribution is 2.32. The molecule has 1 aliphatic heterocycles. The Labute approximate surface area is 217 Å². The van der Waals surface area contributed by atoms with E-state index in [0.29, 0.717) is 19.8 Å². The second-order valence-electron chi connectivity index (χ2n) is 8.62. The van der Waals surface area contributed by atoms with Crippen molar-refractivity contribution in [1.29, 1.82) is 0 Å². The number of rotatable bonds is 11. The van der Waals surface area contributed by atoms with Crippen molar-refractivity contribution in [2.75, 3.05) is 6.61 Å². The summed E-state index contributed by atoms with van der Waals surface area (Å²) >= 11 is 6.59. The molecular weight excluding hydrogens is 480 g/mol. The van der Waals surface area contributed by atoms with Gasteiger partial charge in [-0.2, -0.15) is 0 Å². The van der Waals surface area contributed by atoms with Gasteiger partial charge in [-0.3, -0.25) is 4.79 Å². The van der Waals surface area contributed by atoms with Gasteiger partial charge >= 0.3 is 5.97 Å². The number of halogens is 1. The van der Waals surface area contributed by atoms with Crippen LogP contribution in [0.3, 0.4) is 0 Å². The van der Waals surface area contributed by atoms with Gasteiger partial charge in [0, 0.05) is 6.92 Å². The Morgan fingerprint density at radius 3 is 1.69 bits per heavy atom. The van der Waals surface area contributed by atoms with E-state index in [-0.39, 0.29) is 6.61 Å². The first kappa shape index (κ1) is 26.3. The topological polar surface area (TPSA) is 63.2 Å². The maximum absolute atomic E-state index is 11.9. The van der Waals surface area contributed by atoms with Gasteiger partial charge < -0.3 is 23.7 Å². The minimum absolute atomic E-state index is 0.232. The van der Waals surface area contributed by atoms with Gasteiger partial charge in [0.25, 0.3) is 0 Å². The standard InChI is InChI=1S/C29H31ClO6/c1-21(31)35-28-27(34-19-24-15-9-4-10-16-24)26(33-18-23-13-7-3-8-14-23)25(36-29(28)30)20-32-17-22-11-5-2-6-12-22/h2-16,25-29H,17-20H2,1H3. The zero-order valence-electron chi connectivity index (χ0n) is 20.2. The van der Waals surface area contributed by atoms with Crippen LogP contribution in [0.1, 0.15) is 23.6 Å². The normalized spacial score (nSPS) is 23.8. The zero-order valence-corrected chi connectivity index (χ0v) is 21.0. The monoisotopic (exact) mass is 510 g/mol. The maximum Gasteiger partial charge on any atom is 0.303 e. The van der Waals surface area contributed by atoms with Crippen LogP contribution in [0.5, 0.6) is 0 Å². The summed E-state index contributed by atoms with van der Waals surface area (Å²) in [4.78, 5) is 11.9. The molecule has 0 saturated carbocycles. The minimum Gasteiger partial charge on any atom is -0.456 e. The van der Waals surface area contributed by atoms with Crippen molar-refractivity contribution in [3.63, 3.8) is 0 Å². The van der Waals surface area contributed by atoms with Crippen LogP contribution in [0.15, 0.2) is 91.0 Å². The molecule has 0 amide bonds. The van der Waals surface area contributed by atoms with Crippen LogP contribution >= 0.6 is 11.6 Å². The maximum atomic E-state index is 11.9. The highest BCUT2D eigenvalue weighted by molar-refractivity contribution is 6.20. The molecule has 3 aromatic rings. The average Bonchev–Trinajstić information content (AvgIpc) is 2.90. The summed E-state index contributed by atoms with van der Waals surface area (Å²) in [5.41, 5.74) is 2.11. The molecule has 1 saturated heterocycles. The van der Waals surface area contributed by atoms with Crippen molar-refractivity contribution in [3.05, 3.63) is 108 Å². The molecule has 6 nitrogen and oxygen atoms in total. The van der Waals surface area contributed by atoms with E-state index in [9.17, 15) is 4.79 Å². The lowest BCUT2D eigenvalue weighted by Crippen LogP contribution is -2.60. The fraction of sp³-hybridized carbons (Fsp3) is 0.345. The van der Waals surface area contributed by atoms with Crippen molar-refractivity contribution in [1.82, 2.24) is 0 Å². The number of carbonyl (C=O) groups excluding carboxylic acids is 1. The Bertz CT molecular complexity index is 1050. The number of ether oxygens (including phenoxy) is 5. The second-order valence-corrected chi connectivity index (χ2v) is 9.05. The highest BCUT2D eigenvalue weighted by Gasteiger charge is 2.49. The lowest BCUT2D eigenvalue weighted by atomic mass is 9.99. The van der Waals surface area contributed by atoms with E-state index >= 15 is 0 Å². The molecule has 0 N–H and O–H groups in total. The van der Waals surface area contributed by atoms with Crippen LogP contribution in [0.4, 0.5) is 0 Å². The zero-order chi connectivity index (χ0) is 25.2. The highest BCUT2D eigenvalue weighted by atomic mass is 35.5. The van der Waals surface area contributed by atoms with Gasteiger partial charge in [-0.1, -0.05) is 103 Å². The predicted octanol–water partition coefficient (Wildman–Crippen LogP) is 5.27. The summed E-state index contributed by atoms with van der Waals surface area (Å²) in [5.74, 6) is -0.469. The van der Waals surface area contributed by atoms with E-state index in [1.165, 1.54) is 6.92 Å². The molecule has 36 heavy (non-hydrogen) atoms. The molecule has 4 rings (SSSR count). The van der Waals surface area contributed by atoms with Gasteiger partial charge in [0.2, 0.25) is 0 Å². The van der Waals surface area contributed by atoms with Crippen LogP contribution < -0.4 is 0 Å².